The van der Waals surface area contributed by atoms with Crippen molar-refractivity contribution in [2.24, 2.45) is 5.41 Å². The third-order valence-electron chi connectivity index (χ3n) is 6.28. The molecule has 1 unspecified atom stereocenters. The molecular weight excluding hydrogens is 452 g/mol. The maximum atomic E-state index is 11.6. The van der Waals surface area contributed by atoms with Crippen molar-refractivity contribution in [2.45, 2.75) is 24.0 Å². The normalized spacial score (nSPS) is 29.9. The van der Waals surface area contributed by atoms with Crippen LogP contribution in [-0.4, -0.2) is 22.7 Å². The second-order valence-corrected chi connectivity index (χ2v) is 9.02. The van der Waals surface area contributed by atoms with E-state index >= 15 is 0 Å². The van der Waals surface area contributed by atoms with E-state index in [1.54, 1.807) is 13.2 Å². The summed E-state index contributed by atoms with van der Waals surface area (Å²) in [7, 11) is 1.62. The standard InChI is InChI=1S/C27H27BrO3/c1-31-24-18-23(19-27(30,20-24)22-10-6-3-7-11-22)25(16-17-28)12-14-26(29,15-13-25)21-8-4-2-5-9-21/h2-15,18,20,29-30H,16-17,19H2,1H3. The molecule has 0 fully saturated rings. The van der Waals surface area contributed by atoms with Gasteiger partial charge in [0.25, 0.3) is 0 Å². The van der Waals surface area contributed by atoms with E-state index < -0.39 is 16.6 Å². The largest absolute Gasteiger partial charge is 0.497 e. The lowest BCUT2D eigenvalue weighted by molar-refractivity contribution is 0.0769. The van der Waals surface area contributed by atoms with Crippen LogP contribution in [0.1, 0.15) is 24.0 Å². The zero-order chi connectivity index (χ0) is 22.0. The predicted molar refractivity (Wildman–Crippen MR) is 128 cm³/mol. The number of hydrogen-bond acceptors (Lipinski definition) is 3. The molecule has 0 radical (unpaired) electrons. The van der Waals surface area contributed by atoms with Gasteiger partial charge in [-0.1, -0.05) is 88.7 Å². The molecule has 0 spiro atoms. The van der Waals surface area contributed by atoms with E-state index in [9.17, 15) is 10.2 Å². The lowest BCUT2D eigenvalue weighted by Gasteiger charge is -2.41. The van der Waals surface area contributed by atoms with Gasteiger partial charge in [-0.05, 0) is 47.4 Å². The van der Waals surface area contributed by atoms with E-state index in [0.29, 0.717) is 12.2 Å². The van der Waals surface area contributed by atoms with Gasteiger partial charge in [0, 0.05) is 17.2 Å². The van der Waals surface area contributed by atoms with Crippen LogP contribution >= 0.6 is 15.9 Å². The first-order chi connectivity index (χ1) is 14.9. The van der Waals surface area contributed by atoms with Gasteiger partial charge in [0.2, 0.25) is 0 Å². The minimum absolute atomic E-state index is 0.439. The summed E-state index contributed by atoms with van der Waals surface area (Å²) in [6.45, 7) is 0. The molecule has 3 nitrogen and oxygen atoms in total. The molecule has 2 N–H and O–H groups in total. The highest BCUT2D eigenvalue weighted by atomic mass is 79.9. The third-order valence-corrected chi connectivity index (χ3v) is 6.68. The quantitative estimate of drug-likeness (QED) is 0.424. The minimum Gasteiger partial charge on any atom is -0.497 e. The number of methoxy groups -OCH3 is 1. The van der Waals surface area contributed by atoms with Crippen molar-refractivity contribution in [2.75, 3.05) is 12.4 Å². The Morgan fingerprint density at radius 1 is 0.871 bits per heavy atom. The van der Waals surface area contributed by atoms with E-state index in [-0.39, 0.29) is 0 Å². The predicted octanol–water partition coefficient (Wildman–Crippen LogP) is 5.52. The number of alkyl halides is 1. The summed E-state index contributed by atoms with van der Waals surface area (Å²) in [5.74, 6) is 0.632. The molecule has 2 aromatic rings. The fourth-order valence-corrected chi connectivity index (χ4v) is 5.08. The molecule has 160 valence electrons. The molecule has 2 aliphatic rings. The van der Waals surface area contributed by atoms with Gasteiger partial charge in [-0.3, -0.25) is 0 Å². The molecule has 4 rings (SSSR count). The molecule has 2 aromatic carbocycles. The highest BCUT2D eigenvalue weighted by Crippen LogP contribution is 2.48. The summed E-state index contributed by atoms with van der Waals surface area (Å²) in [6.07, 6.45) is 12.9. The van der Waals surface area contributed by atoms with Crippen molar-refractivity contribution >= 4 is 15.9 Å². The highest BCUT2D eigenvalue weighted by molar-refractivity contribution is 9.09. The molecule has 0 saturated heterocycles. The Hall–Kier alpha value is -2.40. The molecule has 0 aliphatic heterocycles. The van der Waals surface area contributed by atoms with E-state index in [1.165, 1.54) is 0 Å². The first-order valence-electron chi connectivity index (χ1n) is 10.4. The van der Waals surface area contributed by atoms with Crippen molar-refractivity contribution < 1.29 is 14.9 Å². The van der Waals surface area contributed by atoms with Crippen molar-refractivity contribution in [1.29, 1.82) is 0 Å². The minimum atomic E-state index is -1.16. The van der Waals surface area contributed by atoms with Crippen LogP contribution in [0.2, 0.25) is 0 Å². The summed E-state index contributed by atoms with van der Waals surface area (Å²) in [5.41, 5.74) is -0.0576. The maximum absolute atomic E-state index is 11.6. The van der Waals surface area contributed by atoms with Gasteiger partial charge in [0.05, 0.1) is 7.11 Å². The number of halogens is 1. The van der Waals surface area contributed by atoms with Crippen molar-refractivity contribution in [3.8, 4) is 0 Å². The summed E-state index contributed by atoms with van der Waals surface area (Å²) in [5, 5.41) is 23.6. The Bertz CT molecular complexity index is 1020. The average Bonchev–Trinajstić information content (AvgIpc) is 2.82. The van der Waals surface area contributed by atoms with Gasteiger partial charge in [-0.2, -0.15) is 0 Å². The van der Waals surface area contributed by atoms with Crippen LogP contribution in [0, 0.1) is 5.41 Å². The number of aliphatic hydroxyl groups is 2. The van der Waals surface area contributed by atoms with Crippen LogP contribution in [0.3, 0.4) is 0 Å². The molecule has 4 heteroatoms. The van der Waals surface area contributed by atoms with E-state index in [1.807, 2.05) is 78.9 Å². The Balaban J connectivity index is 1.74. The van der Waals surface area contributed by atoms with Crippen LogP contribution in [-0.2, 0) is 15.9 Å². The van der Waals surface area contributed by atoms with Gasteiger partial charge >= 0.3 is 0 Å². The smallest absolute Gasteiger partial charge is 0.126 e. The molecule has 2 aliphatic carbocycles. The fraction of sp³-hybridized carbons (Fsp3) is 0.259. The number of allylic oxidation sites excluding steroid dienone is 3. The summed E-state index contributed by atoms with van der Waals surface area (Å²) >= 11 is 3.60. The average molecular weight is 479 g/mol. The topological polar surface area (TPSA) is 49.7 Å². The highest BCUT2D eigenvalue weighted by Gasteiger charge is 2.41. The molecule has 0 bridgehead atoms. The van der Waals surface area contributed by atoms with Gasteiger partial charge in [0.1, 0.15) is 17.0 Å². The second kappa shape index (κ2) is 8.62. The van der Waals surface area contributed by atoms with Crippen molar-refractivity contribution in [1.82, 2.24) is 0 Å². The van der Waals surface area contributed by atoms with Crippen LogP contribution in [0.15, 0.2) is 108 Å². The van der Waals surface area contributed by atoms with Crippen molar-refractivity contribution in [3.05, 3.63) is 120 Å². The lowest BCUT2D eigenvalue weighted by Crippen LogP contribution is -2.34. The first-order valence-corrected chi connectivity index (χ1v) is 11.6. The third kappa shape index (κ3) is 4.20. The SMILES string of the molecule is COC1=CC(O)(c2ccccc2)CC(C2(CCBr)C=CC(O)(c3ccccc3)C=C2)=C1. The van der Waals surface area contributed by atoms with Crippen molar-refractivity contribution in [3.63, 3.8) is 0 Å². The zero-order valence-corrected chi connectivity index (χ0v) is 19.1. The molecule has 0 saturated carbocycles. The first kappa shape index (κ1) is 21.8. The van der Waals surface area contributed by atoms with Crippen LogP contribution < -0.4 is 0 Å². The zero-order valence-electron chi connectivity index (χ0n) is 17.5. The van der Waals surface area contributed by atoms with Gasteiger partial charge in [-0.25, -0.2) is 0 Å². The maximum Gasteiger partial charge on any atom is 0.126 e. The fourth-order valence-electron chi connectivity index (χ4n) is 4.43. The van der Waals surface area contributed by atoms with Crippen LogP contribution in [0.25, 0.3) is 0 Å². The monoisotopic (exact) mass is 478 g/mol. The van der Waals surface area contributed by atoms with Gasteiger partial charge in [0.15, 0.2) is 0 Å². The summed E-state index contributed by atoms with van der Waals surface area (Å²) in [6, 6.07) is 19.3. The Morgan fingerprint density at radius 2 is 1.45 bits per heavy atom. The number of ether oxygens (including phenoxy) is 1. The number of rotatable bonds is 6. The number of hydrogen-bond donors (Lipinski definition) is 2. The number of benzene rings is 2. The van der Waals surface area contributed by atoms with Crippen LogP contribution in [0.4, 0.5) is 0 Å². The molecule has 0 aromatic heterocycles. The molecule has 0 amide bonds. The molecule has 1 atom stereocenters. The van der Waals surface area contributed by atoms with E-state index in [0.717, 1.165) is 28.5 Å². The van der Waals surface area contributed by atoms with Gasteiger partial charge in [-0.15, -0.1) is 0 Å². The summed E-state index contributed by atoms with van der Waals surface area (Å²) < 4.78 is 5.58. The molecule has 0 heterocycles. The Kier molecular flexibility index (Phi) is 6.07. The molecule has 31 heavy (non-hydrogen) atoms. The van der Waals surface area contributed by atoms with E-state index in [4.69, 9.17) is 4.74 Å². The van der Waals surface area contributed by atoms with E-state index in [2.05, 4.69) is 28.1 Å². The molecular formula is C27H27BrO3. The Morgan fingerprint density at radius 3 is 2.00 bits per heavy atom. The van der Waals surface area contributed by atoms with Crippen LogP contribution in [0.5, 0.6) is 0 Å². The lowest BCUT2D eigenvalue weighted by atomic mass is 9.67. The van der Waals surface area contributed by atoms with Gasteiger partial charge < -0.3 is 14.9 Å². The Labute approximate surface area is 192 Å². The second-order valence-electron chi connectivity index (χ2n) is 8.22. The summed E-state index contributed by atoms with van der Waals surface area (Å²) in [4.78, 5) is 0.